The minimum absolute atomic E-state index is 0.0998. The number of ketones is 1. The van der Waals surface area contributed by atoms with Gasteiger partial charge in [-0.3, -0.25) is 4.79 Å². The fraction of sp³-hybridized carbons (Fsp3) is 0.353. The number of methoxy groups -OCH3 is 1. The Labute approximate surface area is 120 Å². The maximum atomic E-state index is 11.6. The lowest BCUT2D eigenvalue weighted by Crippen LogP contribution is -2.36. The molecule has 0 radical (unpaired) electrons. The molecule has 1 aromatic carbocycles. The molecule has 0 saturated carbocycles. The predicted octanol–water partition coefficient (Wildman–Crippen LogP) is 3.53. The van der Waals surface area contributed by atoms with Crippen LogP contribution in [0.4, 0.5) is 0 Å². The van der Waals surface area contributed by atoms with Gasteiger partial charge in [-0.15, -0.1) is 0 Å². The highest BCUT2D eigenvalue weighted by atomic mass is 16.5. The highest BCUT2D eigenvalue weighted by molar-refractivity contribution is 5.81. The molecule has 0 amide bonds. The maximum Gasteiger partial charge on any atom is 0.162 e. The van der Waals surface area contributed by atoms with Crippen molar-refractivity contribution in [2.24, 2.45) is 0 Å². The van der Waals surface area contributed by atoms with E-state index in [1.807, 2.05) is 38.1 Å². The summed E-state index contributed by atoms with van der Waals surface area (Å²) in [4.78, 5) is 11.6. The largest absolute Gasteiger partial charge is 0.483 e. The van der Waals surface area contributed by atoms with Crippen LogP contribution in [0, 0.1) is 6.92 Å². The van der Waals surface area contributed by atoms with Crippen molar-refractivity contribution in [3.05, 3.63) is 54.1 Å². The number of hydrogen-bond donors (Lipinski definition) is 0. The van der Waals surface area contributed by atoms with Crippen molar-refractivity contribution >= 4 is 11.5 Å². The van der Waals surface area contributed by atoms with Gasteiger partial charge in [-0.25, -0.2) is 0 Å². The van der Waals surface area contributed by atoms with Crippen LogP contribution >= 0.6 is 0 Å². The summed E-state index contributed by atoms with van der Waals surface area (Å²) < 4.78 is 11.0. The van der Waals surface area contributed by atoms with Crippen molar-refractivity contribution < 1.29 is 14.3 Å². The zero-order valence-electron chi connectivity index (χ0n) is 12.6. The Morgan fingerprint density at radius 3 is 2.05 bits per heavy atom. The summed E-state index contributed by atoms with van der Waals surface area (Å²) in [6, 6.07) is 7.84. The number of benzene rings is 1. The molecule has 1 aromatic rings. The molecule has 2 atom stereocenters. The van der Waals surface area contributed by atoms with Gasteiger partial charge >= 0.3 is 0 Å². The molecule has 0 N–H and O–H groups in total. The number of aryl methyl sites for hydroxylation is 1. The summed E-state index contributed by atoms with van der Waals surface area (Å²) in [5.74, 6) is 0.401. The van der Waals surface area contributed by atoms with Gasteiger partial charge in [-0.1, -0.05) is 43.0 Å². The van der Waals surface area contributed by atoms with Gasteiger partial charge in [0.25, 0.3) is 0 Å². The zero-order valence-corrected chi connectivity index (χ0v) is 12.6. The molecule has 3 nitrogen and oxygen atoms in total. The summed E-state index contributed by atoms with van der Waals surface area (Å²) in [5, 5.41) is 0. The summed E-state index contributed by atoms with van der Waals surface area (Å²) in [7, 11) is 1.49. The first-order valence-electron chi connectivity index (χ1n) is 6.48. The molecular weight excluding hydrogens is 252 g/mol. The molecule has 0 saturated heterocycles. The average molecular weight is 274 g/mol. The van der Waals surface area contributed by atoms with Crippen molar-refractivity contribution in [2.75, 3.05) is 7.11 Å². The first kappa shape index (κ1) is 16.2. The van der Waals surface area contributed by atoms with E-state index in [1.54, 1.807) is 0 Å². The monoisotopic (exact) mass is 274 g/mol. The van der Waals surface area contributed by atoms with Crippen LogP contribution in [0.5, 0.6) is 0 Å². The van der Waals surface area contributed by atoms with Gasteiger partial charge in [0.1, 0.15) is 5.76 Å². The lowest BCUT2D eigenvalue weighted by Gasteiger charge is -2.26. The number of Topliss-reactive ketones (excluding diaryl/α,β-unsaturated/α-hetero) is 1. The van der Waals surface area contributed by atoms with Crippen LogP contribution in [-0.2, 0) is 14.3 Å². The summed E-state index contributed by atoms with van der Waals surface area (Å²) in [5.41, 5.74) is 2.76. The molecule has 20 heavy (non-hydrogen) atoms. The van der Waals surface area contributed by atoms with Gasteiger partial charge in [-0.05, 0) is 26.3 Å². The van der Waals surface area contributed by atoms with Crippen molar-refractivity contribution in [2.45, 2.75) is 33.0 Å². The minimum atomic E-state index is -0.672. The number of carbonyl (C=O) groups is 1. The Morgan fingerprint density at radius 1 is 1.10 bits per heavy atom. The van der Waals surface area contributed by atoms with Gasteiger partial charge in [0.15, 0.2) is 18.0 Å². The summed E-state index contributed by atoms with van der Waals surface area (Å²) >= 11 is 0. The zero-order chi connectivity index (χ0) is 15.3. The molecule has 0 bridgehead atoms. The van der Waals surface area contributed by atoms with Gasteiger partial charge in [0.05, 0.1) is 0 Å². The minimum Gasteiger partial charge on any atom is -0.483 e. The second-order valence-corrected chi connectivity index (χ2v) is 4.94. The molecular formula is C17H22O3. The van der Waals surface area contributed by atoms with E-state index in [2.05, 4.69) is 13.2 Å². The van der Waals surface area contributed by atoms with Crippen molar-refractivity contribution in [1.29, 1.82) is 0 Å². The molecule has 0 fully saturated rings. The van der Waals surface area contributed by atoms with Crippen molar-refractivity contribution in [1.82, 2.24) is 0 Å². The number of carbonyl (C=O) groups excluding carboxylic acids is 1. The standard InChI is InChI=1S/C17H22O3/c1-11(2)16(17(19-6)13(4)18)20-14(5)15-9-7-12(3)8-10-15/h7-10,16-17H,1,5H2,2-4,6H3. The van der Waals surface area contributed by atoms with Crippen LogP contribution < -0.4 is 0 Å². The molecule has 0 aromatic heterocycles. The third-order valence-electron chi connectivity index (χ3n) is 3.06. The normalized spacial score (nSPS) is 13.4. The molecule has 2 unspecified atom stereocenters. The van der Waals surface area contributed by atoms with Crippen LogP contribution in [0.15, 0.2) is 43.0 Å². The number of ether oxygens (including phenoxy) is 2. The smallest absolute Gasteiger partial charge is 0.162 e. The second kappa shape index (κ2) is 7.06. The SMILES string of the molecule is C=C(OC(C(=C)C)C(OC)C(C)=O)c1ccc(C)cc1. The molecule has 0 aliphatic rings. The summed E-state index contributed by atoms with van der Waals surface area (Å²) in [6.45, 7) is 13.1. The van der Waals surface area contributed by atoms with Gasteiger partial charge in [0, 0.05) is 12.7 Å². The van der Waals surface area contributed by atoms with E-state index in [0.717, 1.165) is 16.7 Å². The highest BCUT2D eigenvalue weighted by Crippen LogP contribution is 2.22. The van der Waals surface area contributed by atoms with E-state index in [-0.39, 0.29) is 5.78 Å². The first-order valence-corrected chi connectivity index (χ1v) is 6.48. The molecule has 0 heterocycles. The maximum absolute atomic E-state index is 11.6. The molecule has 0 aliphatic carbocycles. The predicted molar refractivity (Wildman–Crippen MR) is 81.4 cm³/mol. The Bertz CT molecular complexity index is 499. The van der Waals surface area contributed by atoms with E-state index in [4.69, 9.17) is 9.47 Å². The average Bonchev–Trinajstić information content (AvgIpc) is 2.38. The third kappa shape index (κ3) is 4.07. The fourth-order valence-corrected chi connectivity index (χ4v) is 1.88. The van der Waals surface area contributed by atoms with E-state index in [1.165, 1.54) is 14.0 Å². The van der Waals surface area contributed by atoms with Crippen LogP contribution in [0.25, 0.3) is 5.76 Å². The number of rotatable bonds is 7. The fourth-order valence-electron chi connectivity index (χ4n) is 1.88. The molecule has 0 aliphatic heterocycles. The first-order chi connectivity index (χ1) is 9.36. The van der Waals surface area contributed by atoms with Crippen LogP contribution in [0.2, 0.25) is 0 Å². The lowest BCUT2D eigenvalue weighted by atomic mass is 10.0. The van der Waals surface area contributed by atoms with Crippen molar-refractivity contribution in [3.63, 3.8) is 0 Å². The van der Waals surface area contributed by atoms with Crippen LogP contribution in [0.1, 0.15) is 25.0 Å². The summed E-state index contributed by atoms with van der Waals surface area (Å²) in [6.07, 6.45) is -1.21. The van der Waals surface area contributed by atoms with Crippen LogP contribution in [0.3, 0.4) is 0 Å². The Morgan fingerprint density at radius 2 is 1.65 bits per heavy atom. The topological polar surface area (TPSA) is 35.5 Å². The molecule has 0 spiro atoms. The van der Waals surface area contributed by atoms with Crippen LogP contribution in [-0.4, -0.2) is 25.1 Å². The quantitative estimate of drug-likeness (QED) is 0.563. The Kier molecular flexibility index (Phi) is 5.71. The van der Waals surface area contributed by atoms with Gasteiger partial charge < -0.3 is 9.47 Å². The van der Waals surface area contributed by atoms with Gasteiger partial charge in [-0.2, -0.15) is 0 Å². The van der Waals surface area contributed by atoms with Gasteiger partial charge in [0.2, 0.25) is 0 Å². The number of hydrogen-bond acceptors (Lipinski definition) is 3. The van der Waals surface area contributed by atoms with Crippen molar-refractivity contribution in [3.8, 4) is 0 Å². The Hall–Kier alpha value is -1.87. The molecule has 3 heteroatoms. The lowest BCUT2D eigenvalue weighted by molar-refractivity contribution is -0.131. The second-order valence-electron chi connectivity index (χ2n) is 4.94. The van der Waals surface area contributed by atoms with E-state index in [9.17, 15) is 4.79 Å². The highest BCUT2D eigenvalue weighted by Gasteiger charge is 2.28. The van der Waals surface area contributed by atoms with E-state index >= 15 is 0 Å². The Balaban J connectivity index is 2.90. The third-order valence-corrected chi connectivity index (χ3v) is 3.06. The van der Waals surface area contributed by atoms with E-state index in [0.29, 0.717) is 5.76 Å². The molecule has 108 valence electrons. The molecule has 1 rings (SSSR count). The van der Waals surface area contributed by atoms with E-state index < -0.39 is 12.2 Å².